The predicted molar refractivity (Wildman–Crippen MR) is 72.1 cm³/mol. The van der Waals surface area contributed by atoms with E-state index in [1.165, 1.54) is 7.11 Å². The molecule has 0 aliphatic carbocycles. The maximum atomic E-state index is 11.6. The van der Waals surface area contributed by atoms with Crippen LogP contribution in [0, 0.1) is 0 Å². The number of ether oxygens (including phenoxy) is 3. The van der Waals surface area contributed by atoms with Crippen LogP contribution in [0.15, 0.2) is 30.3 Å². The summed E-state index contributed by atoms with van der Waals surface area (Å²) in [6.45, 7) is 2.41. The molecule has 0 saturated heterocycles. The Balaban J connectivity index is 2.43. The number of carbonyl (C=O) groups is 2. The smallest absolute Gasteiger partial charge is 0.408 e. The van der Waals surface area contributed by atoms with Crippen LogP contribution in [-0.2, 0) is 25.6 Å². The highest BCUT2D eigenvalue weighted by Crippen LogP contribution is 2.01. The second kappa shape index (κ2) is 8.92. The van der Waals surface area contributed by atoms with Gasteiger partial charge >= 0.3 is 12.1 Å². The Hall–Kier alpha value is -2.08. The van der Waals surface area contributed by atoms with Gasteiger partial charge in [-0.3, -0.25) is 0 Å². The van der Waals surface area contributed by atoms with Crippen molar-refractivity contribution in [1.82, 2.24) is 5.32 Å². The summed E-state index contributed by atoms with van der Waals surface area (Å²) in [5.74, 6) is -0.574. The first-order chi connectivity index (χ1) is 9.67. The summed E-state index contributed by atoms with van der Waals surface area (Å²) in [7, 11) is 1.25. The standard InChI is InChI=1S/C14H19NO5/c1-3-19-10-12(13(16)18-2)15-14(17)20-9-11-7-5-4-6-8-11/h4-8,12H,3,9-10H2,1-2H3,(H,15,17)/t12-/m0/s1. The summed E-state index contributed by atoms with van der Waals surface area (Å²) in [5, 5.41) is 2.41. The molecule has 1 rings (SSSR count). The fourth-order valence-electron chi connectivity index (χ4n) is 1.45. The van der Waals surface area contributed by atoms with E-state index in [1.54, 1.807) is 6.92 Å². The highest BCUT2D eigenvalue weighted by Gasteiger charge is 2.22. The molecule has 1 aromatic carbocycles. The largest absolute Gasteiger partial charge is 0.467 e. The van der Waals surface area contributed by atoms with Crippen molar-refractivity contribution in [1.29, 1.82) is 0 Å². The first-order valence-corrected chi connectivity index (χ1v) is 6.30. The summed E-state index contributed by atoms with van der Waals surface area (Å²) < 4.78 is 14.7. The van der Waals surface area contributed by atoms with Gasteiger partial charge in [0.05, 0.1) is 13.7 Å². The molecule has 0 unspecified atom stereocenters. The molecule has 20 heavy (non-hydrogen) atoms. The molecule has 6 nitrogen and oxygen atoms in total. The first kappa shape index (κ1) is 16.0. The van der Waals surface area contributed by atoms with E-state index in [0.717, 1.165) is 5.56 Å². The van der Waals surface area contributed by atoms with Gasteiger partial charge in [0.2, 0.25) is 0 Å². The molecule has 1 amide bonds. The van der Waals surface area contributed by atoms with Crippen molar-refractivity contribution in [3.05, 3.63) is 35.9 Å². The van der Waals surface area contributed by atoms with E-state index in [-0.39, 0.29) is 13.2 Å². The lowest BCUT2D eigenvalue weighted by atomic mass is 10.2. The summed E-state index contributed by atoms with van der Waals surface area (Å²) in [4.78, 5) is 23.1. The Morgan fingerprint density at radius 3 is 2.55 bits per heavy atom. The van der Waals surface area contributed by atoms with Gasteiger partial charge in [-0.2, -0.15) is 0 Å². The molecule has 1 N–H and O–H groups in total. The number of rotatable bonds is 7. The fourth-order valence-corrected chi connectivity index (χ4v) is 1.45. The van der Waals surface area contributed by atoms with E-state index in [2.05, 4.69) is 10.1 Å². The van der Waals surface area contributed by atoms with E-state index >= 15 is 0 Å². The van der Waals surface area contributed by atoms with Crippen LogP contribution < -0.4 is 5.32 Å². The highest BCUT2D eigenvalue weighted by atomic mass is 16.6. The Kier molecular flexibility index (Phi) is 7.13. The maximum Gasteiger partial charge on any atom is 0.408 e. The predicted octanol–water partition coefficient (Wildman–Crippen LogP) is 1.49. The highest BCUT2D eigenvalue weighted by molar-refractivity contribution is 5.81. The van der Waals surface area contributed by atoms with Crippen molar-refractivity contribution in [3.63, 3.8) is 0 Å². The van der Waals surface area contributed by atoms with Gasteiger partial charge in [-0.05, 0) is 12.5 Å². The van der Waals surface area contributed by atoms with Crippen molar-refractivity contribution in [2.45, 2.75) is 19.6 Å². The van der Waals surface area contributed by atoms with Crippen LogP contribution in [0.3, 0.4) is 0 Å². The van der Waals surface area contributed by atoms with Crippen molar-refractivity contribution in [2.75, 3.05) is 20.3 Å². The number of benzene rings is 1. The number of hydrogen-bond acceptors (Lipinski definition) is 5. The molecule has 6 heteroatoms. The van der Waals surface area contributed by atoms with Crippen molar-refractivity contribution in [3.8, 4) is 0 Å². The average molecular weight is 281 g/mol. The van der Waals surface area contributed by atoms with Crippen molar-refractivity contribution >= 4 is 12.1 Å². The minimum atomic E-state index is -0.872. The normalized spacial score (nSPS) is 11.5. The van der Waals surface area contributed by atoms with Crippen LogP contribution >= 0.6 is 0 Å². The lowest BCUT2D eigenvalue weighted by molar-refractivity contribution is -0.144. The number of methoxy groups -OCH3 is 1. The average Bonchev–Trinajstić information content (AvgIpc) is 2.49. The third-order valence-corrected chi connectivity index (χ3v) is 2.48. The maximum absolute atomic E-state index is 11.6. The molecule has 110 valence electrons. The molecular weight excluding hydrogens is 262 g/mol. The Labute approximate surface area is 118 Å². The quantitative estimate of drug-likeness (QED) is 0.766. The van der Waals surface area contributed by atoms with E-state index in [1.807, 2.05) is 30.3 Å². The summed E-state index contributed by atoms with van der Waals surface area (Å²) >= 11 is 0. The summed E-state index contributed by atoms with van der Waals surface area (Å²) in [5.41, 5.74) is 0.863. The van der Waals surface area contributed by atoms with Crippen LogP contribution in [-0.4, -0.2) is 38.4 Å². The van der Waals surface area contributed by atoms with Gasteiger partial charge in [0, 0.05) is 6.61 Å². The van der Waals surface area contributed by atoms with Crippen LogP contribution in [0.5, 0.6) is 0 Å². The number of carbonyl (C=O) groups excluding carboxylic acids is 2. The Morgan fingerprint density at radius 2 is 1.95 bits per heavy atom. The number of hydrogen-bond donors (Lipinski definition) is 1. The van der Waals surface area contributed by atoms with Gasteiger partial charge in [0.25, 0.3) is 0 Å². The molecule has 0 spiro atoms. The molecule has 1 aromatic rings. The third kappa shape index (κ3) is 5.71. The van der Waals surface area contributed by atoms with Crippen molar-refractivity contribution < 1.29 is 23.8 Å². The lowest BCUT2D eigenvalue weighted by Gasteiger charge is -2.16. The summed E-state index contributed by atoms with van der Waals surface area (Å²) in [6, 6.07) is 8.38. The number of nitrogens with one attached hydrogen (secondary N) is 1. The Morgan fingerprint density at radius 1 is 1.25 bits per heavy atom. The van der Waals surface area contributed by atoms with Crippen LogP contribution in [0.2, 0.25) is 0 Å². The van der Waals surface area contributed by atoms with E-state index in [9.17, 15) is 9.59 Å². The Bertz CT molecular complexity index is 421. The molecule has 0 heterocycles. The second-order valence-corrected chi connectivity index (χ2v) is 3.94. The number of amides is 1. The summed E-state index contributed by atoms with van der Waals surface area (Å²) in [6.07, 6.45) is -0.691. The topological polar surface area (TPSA) is 73.9 Å². The SMILES string of the molecule is CCOC[C@H](NC(=O)OCc1ccccc1)C(=O)OC. The molecule has 0 radical (unpaired) electrons. The van der Waals surface area contributed by atoms with Crippen LogP contribution in [0.25, 0.3) is 0 Å². The van der Waals surface area contributed by atoms with Gasteiger partial charge in [0.1, 0.15) is 6.61 Å². The monoisotopic (exact) mass is 281 g/mol. The lowest BCUT2D eigenvalue weighted by Crippen LogP contribution is -2.44. The van der Waals surface area contributed by atoms with Crippen molar-refractivity contribution in [2.24, 2.45) is 0 Å². The van der Waals surface area contributed by atoms with Gasteiger partial charge in [-0.25, -0.2) is 9.59 Å². The molecule has 0 aromatic heterocycles. The number of esters is 1. The minimum Gasteiger partial charge on any atom is -0.467 e. The number of alkyl carbamates (subject to hydrolysis) is 1. The minimum absolute atomic E-state index is 0.0452. The van der Waals surface area contributed by atoms with Gasteiger partial charge < -0.3 is 19.5 Å². The van der Waals surface area contributed by atoms with Crippen LogP contribution in [0.1, 0.15) is 12.5 Å². The fraction of sp³-hybridized carbons (Fsp3) is 0.429. The zero-order chi connectivity index (χ0) is 14.8. The second-order valence-electron chi connectivity index (χ2n) is 3.94. The van der Waals surface area contributed by atoms with Gasteiger partial charge in [0.15, 0.2) is 6.04 Å². The van der Waals surface area contributed by atoms with Gasteiger partial charge in [-0.15, -0.1) is 0 Å². The molecule has 0 aliphatic heterocycles. The van der Waals surface area contributed by atoms with Crippen LogP contribution in [0.4, 0.5) is 4.79 Å². The zero-order valence-corrected chi connectivity index (χ0v) is 11.6. The molecule has 0 fully saturated rings. The van der Waals surface area contributed by atoms with Gasteiger partial charge in [-0.1, -0.05) is 30.3 Å². The third-order valence-electron chi connectivity index (χ3n) is 2.48. The molecule has 0 aliphatic rings. The molecule has 1 atom stereocenters. The van der Waals surface area contributed by atoms with E-state index in [0.29, 0.717) is 6.61 Å². The molecule has 0 saturated carbocycles. The van der Waals surface area contributed by atoms with E-state index in [4.69, 9.17) is 9.47 Å². The first-order valence-electron chi connectivity index (χ1n) is 6.30. The molecule has 0 bridgehead atoms. The molecular formula is C14H19NO5. The van der Waals surface area contributed by atoms with E-state index < -0.39 is 18.1 Å². The zero-order valence-electron chi connectivity index (χ0n) is 11.6.